The molecule has 0 bridgehead atoms. The number of carboxylic acids is 1. The van der Waals surface area contributed by atoms with Gasteiger partial charge in [-0.2, -0.15) is 0 Å². The van der Waals surface area contributed by atoms with Gasteiger partial charge in [-0.3, -0.25) is 4.79 Å². The minimum atomic E-state index is -0.918. The summed E-state index contributed by atoms with van der Waals surface area (Å²) in [5.74, 6) is -1.47. The van der Waals surface area contributed by atoms with Crippen LogP contribution >= 0.6 is 0 Å². The molecule has 0 rings (SSSR count). The zero-order chi connectivity index (χ0) is 7.98. The summed E-state index contributed by atoms with van der Waals surface area (Å²) in [6.07, 6.45) is 0. The van der Waals surface area contributed by atoms with Crippen LogP contribution in [0.1, 0.15) is 6.92 Å². The molecule has 0 aliphatic heterocycles. The van der Waals surface area contributed by atoms with E-state index >= 15 is 0 Å². The van der Waals surface area contributed by atoms with E-state index in [1.54, 1.807) is 0 Å². The summed E-state index contributed by atoms with van der Waals surface area (Å²) in [7, 11) is 0. The van der Waals surface area contributed by atoms with Gasteiger partial charge in [0.2, 0.25) is 0 Å². The second kappa shape index (κ2) is 5.17. The number of carboxylic acid groups (broad SMARTS) is 1. The van der Waals surface area contributed by atoms with Gasteiger partial charge in [0, 0.05) is 0 Å². The molecule has 0 saturated heterocycles. The molecule has 0 fully saturated rings. The third kappa shape index (κ3) is 4.26. The number of hydrogen-bond acceptors (Lipinski definition) is 2. The first-order valence-corrected chi connectivity index (χ1v) is 3.05. The zero-order valence-corrected chi connectivity index (χ0v) is 5.84. The Morgan fingerprint density at radius 2 is 2.40 bits per heavy atom. The third-order valence-corrected chi connectivity index (χ3v) is 1.01. The first kappa shape index (κ1) is 9.36. The highest BCUT2D eigenvalue weighted by Crippen LogP contribution is 1.94. The highest BCUT2D eigenvalue weighted by Gasteiger charge is 2.09. The fraction of sp³-hybridized carbons (Fsp3) is 0.833. The molecule has 0 aromatic rings. The lowest BCUT2D eigenvalue weighted by Gasteiger charge is -2.04. The van der Waals surface area contributed by atoms with E-state index in [1.807, 2.05) is 0 Å². The van der Waals surface area contributed by atoms with Gasteiger partial charge in [0.05, 0.1) is 19.1 Å². The van der Waals surface area contributed by atoms with Gasteiger partial charge in [0.25, 0.3) is 0 Å². The van der Waals surface area contributed by atoms with Crippen molar-refractivity contribution >= 4 is 5.97 Å². The quantitative estimate of drug-likeness (QED) is 0.586. The minimum absolute atomic E-state index is 0.0162. The summed E-state index contributed by atoms with van der Waals surface area (Å²) in [6.45, 7) is 1.02. The molecule has 1 atom stereocenters. The van der Waals surface area contributed by atoms with Crippen LogP contribution in [-0.4, -0.2) is 31.0 Å². The van der Waals surface area contributed by atoms with Crippen LogP contribution < -0.4 is 0 Å². The molecule has 1 N–H and O–H groups in total. The highest BCUT2D eigenvalue weighted by molar-refractivity contribution is 5.69. The van der Waals surface area contributed by atoms with Gasteiger partial charge >= 0.3 is 5.97 Å². The van der Waals surface area contributed by atoms with Gasteiger partial charge in [0.1, 0.15) is 6.67 Å². The van der Waals surface area contributed by atoms with E-state index in [2.05, 4.69) is 4.74 Å². The van der Waals surface area contributed by atoms with Crippen LogP contribution in [0.3, 0.4) is 0 Å². The van der Waals surface area contributed by atoms with Crippen LogP contribution in [0, 0.1) is 5.92 Å². The van der Waals surface area contributed by atoms with Gasteiger partial charge in [-0.15, -0.1) is 0 Å². The molecule has 1 unspecified atom stereocenters. The molecular weight excluding hydrogens is 139 g/mol. The lowest BCUT2D eigenvalue weighted by atomic mass is 10.2. The molecular formula is C6H11FO3. The topological polar surface area (TPSA) is 46.5 Å². The molecule has 0 saturated carbocycles. The maximum atomic E-state index is 11.4. The van der Waals surface area contributed by atoms with E-state index in [9.17, 15) is 9.18 Å². The smallest absolute Gasteiger partial charge is 0.308 e. The molecule has 0 aliphatic rings. The summed E-state index contributed by atoms with van der Waals surface area (Å²) in [6, 6.07) is 0. The van der Waals surface area contributed by atoms with Gasteiger partial charge in [0.15, 0.2) is 0 Å². The standard InChI is InChI=1S/C6H11FO3/c1-5(6(8)9)4-10-3-2-7/h5H,2-4H2,1H3,(H,8,9). The Morgan fingerprint density at radius 3 is 2.80 bits per heavy atom. The molecule has 0 radical (unpaired) electrons. The second-order valence-corrected chi connectivity index (χ2v) is 2.00. The number of ether oxygens (including phenoxy) is 1. The number of aliphatic carboxylic acids is 1. The predicted octanol–water partition coefficient (Wildman–Crippen LogP) is 0.693. The van der Waals surface area contributed by atoms with Crippen molar-refractivity contribution in [2.24, 2.45) is 5.92 Å². The van der Waals surface area contributed by atoms with Crippen molar-refractivity contribution in [1.29, 1.82) is 0 Å². The molecule has 0 aliphatic carbocycles. The van der Waals surface area contributed by atoms with Crippen molar-refractivity contribution in [1.82, 2.24) is 0 Å². The van der Waals surface area contributed by atoms with E-state index in [0.29, 0.717) is 0 Å². The highest BCUT2D eigenvalue weighted by atomic mass is 19.1. The van der Waals surface area contributed by atoms with Crippen molar-refractivity contribution in [2.75, 3.05) is 19.9 Å². The minimum Gasteiger partial charge on any atom is -0.481 e. The fourth-order valence-corrected chi connectivity index (χ4v) is 0.386. The van der Waals surface area contributed by atoms with E-state index in [4.69, 9.17) is 5.11 Å². The maximum absolute atomic E-state index is 11.4. The van der Waals surface area contributed by atoms with Crippen LogP contribution in [0.5, 0.6) is 0 Å². The SMILES string of the molecule is CC(COCCF)C(=O)O. The zero-order valence-electron chi connectivity index (χ0n) is 5.84. The first-order chi connectivity index (χ1) is 4.68. The Morgan fingerprint density at radius 1 is 1.80 bits per heavy atom. The van der Waals surface area contributed by atoms with Crippen molar-refractivity contribution < 1.29 is 19.0 Å². The average Bonchev–Trinajstić information content (AvgIpc) is 1.88. The Labute approximate surface area is 58.8 Å². The summed E-state index contributed by atoms with van der Waals surface area (Å²) < 4.78 is 16.0. The molecule has 3 nitrogen and oxygen atoms in total. The van der Waals surface area contributed by atoms with Gasteiger partial charge in [-0.1, -0.05) is 0 Å². The molecule has 0 aromatic heterocycles. The lowest BCUT2D eigenvalue weighted by molar-refractivity contribution is -0.143. The summed E-state index contributed by atoms with van der Waals surface area (Å²) >= 11 is 0. The molecule has 10 heavy (non-hydrogen) atoms. The van der Waals surface area contributed by atoms with Crippen LogP contribution in [0.4, 0.5) is 4.39 Å². The van der Waals surface area contributed by atoms with E-state index in [0.717, 1.165) is 0 Å². The summed E-state index contributed by atoms with van der Waals surface area (Å²) in [4.78, 5) is 10.1. The van der Waals surface area contributed by atoms with Gasteiger partial charge < -0.3 is 9.84 Å². The summed E-state index contributed by atoms with van der Waals surface area (Å²) in [5.41, 5.74) is 0. The van der Waals surface area contributed by atoms with Crippen molar-refractivity contribution in [3.63, 3.8) is 0 Å². The Hall–Kier alpha value is -0.640. The number of hydrogen-bond donors (Lipinski definition) is 1. The Bertz CT molecular complexity index is 105. The van der Waals surface area contributed by atoms with E-state index < -0.39 is 18.6 Å². The fourth-order valence-electron chi connectivity index (χ4n) is 0.386. The molecule has 0 aromatic carbocycles. The molecule has 0 amide bonds. The van der Waals surface area contributed by atoms with Crippen LogP contribution in [0.25, 0.3) is 0 Å². The Kier molecular flexibility index (Phi) is 4.84. The van der Waals surface area contributed by atoms with Crippen LogP contribution in [0.2, 0.25) is 0 Å². The second-order valence-electron chi connectivity index (χ2n) is 2.00. The van der Waals surface area contributed by atoms with E-state index in [1.165, 1.54) is 6.92 Å². The average molecular weight is 150 g/mol. The van der Waals surface area contributed by atoms with Crippen molar-refractivity contribution in [3.05, 3.63) is 0 Å². The number of carbonyl (C=O) groups is 1. The molecule has 60 valence electrons. The van der Waals surface area contributed by atoms with Crippen molar-refractivity contribution in [2.45, 2.75) is 6.92 Å². The third-order valence-electron chi connectivity index (χ3n) is 1.01. The molecule has 0 heterocycles. The van der Waals surface area contributed by atoms with Crippen LogP contribution in [-0.2, 0) is 9.53 Å². The lowest BCUT2D eigenvalue weighted by Crippen LogP contribution is -2.16. The van der Waals surface area contributed by atoms with Crippen molar-refractivity contribution in [3.8, 4) is 0 Å². The number of halogens is 1. The maximum Gasteiger partial charge on any atom is 0.308 e. The largest absolute Gasteiger partial charge is 0.481 e. The first-order valence-electron chi connectivity index (χ1n) is 3.05. The predicted molar refractivity (Wildman–Crippen MR) is 33.6 cm³/mol. The van der Waals surface area contributed by atoms with Gasteiger partial charge in [-0.25, -0.2) is 4.39 Å². The molecule has 0 spiro atoms. The number of rotatable bonds is 5. The van der Waals surface area contributed by atoms with Gasteiger partial charge in [-0.05, 0) is 6.92 Å². The number of alkyl halides is 1. The molecule has 4 heteroatoms. The van der Waals surface area contributed by atoms with E-state index in [-0.39, 0.29) is 13.2 Å². The normalized spacial score (nSPS) is 13.0. The van der Waals surface area contributed by atoms with Crippen LogP contribution in [0.15, 0.2) is 0 Å². The monoisotopic (exact) mass is 150 g/mol. The Balaban J connectivity index is 3.21. The summed E-state index contributed by atoms with van der Waals surface area (Å²) in [5, 5.41) is 8.31.